The average molecular weight is 321 g/mol. The van der Waals surface area contributed by atoms with Crippen molar-refractivity contribution in [2.24, 2.45) is 0 Å². The Bertz CT molecular complexity index is 711. The molecule has 0 aliphatic heterocycles. The summed E-state index contributed by atoms with van der Waals surface area (Å²) in [5.74, 6) is -1.15. The van der Waals surface area contributed by atoms with E-state index in [0.717, 1.165) is 16.7 Å². The number of nitrogen functional groups attached to an aromatic ring is 1. The van der Waals surface area contributed by atoms with Crippen LogP contribution in [0.3, 0.4) is 0 Å². The van der Waals surface area contributed by atoms with E-state index in [9.17, 15) is 9.90 Å². The fraction of sp³-hybridized carbons (Fsp3) is 0.176. The van der Waals surface area contributed by atoms with Gasteiger partial charge in [0, 0.05) is 23.6 Å². The predicted molar refractivity (Wildman–Crippen MR) is 86.3 cm³/mol. The number of carbonyl (C=O) groups is 1. The van der Waals surface area contributed by atoms with E-state index in [1.165, 1.54) is 0 Å². The van der Waals surface area contributed by atoms with Crippen molar-refractivity contribution in [1.29, 1.82) is 0 Å². The third-order valence-corrected chi connectivity index (χ3v) is 3.93. The summed E-state index contributed by atoms with van der Waals surface area (Å²) < 4.78 is 0. The summed E-state index contributed by atoms with van der Waals surface area (Å²) >= 11 is 5.49. The van der Waals surface area contributed by atoms with E-state index in [2.05, 4.69) is 0 Å². The van der Waals surface area contributed by atoms with Crippen LogP contribution >= 0.6 is 12.2 Å². The number of rotatable bonds is 4. The fourth-order valence-electron chi connectivity index (χ4n) is 2.21. The molecular formula is C17H16NNaO2S. The molecule has 22 heavy (non-hydrogen) atoms. The molecule has 0 unspecified atom stereocenters. The molecule has 0 radical (unpaired) electrons. The number of carboxylic acids is 1. The molecule has 0 saturated carbocycles. The standard InChI is InChI=1S/C17H17NO2S.Na/c1-10-3-6-12(7-4-10)17(21)13-8-5-11(2)14(16(13)18)9-15(19)20;/h3-8H,9,18H2,1-2H3,(H,19,20);/q;+1/p-1. The maximum absolute atomic E-state index is 10.9. The minimum atomic E-state index is -1.15. The topological polar surface area (TPSA) is 66.1 Å². The molecule has 2 rings (SSSR count). The second kappa shape index (κ2) is 7.88. The van der Waals surface area contributed by atoms with E-state index >= 15 is 0 Å². The van der Waals surface area contributed by atoms with Crippen molar-refractivity contribution in [1.82, 2.24) is 0 Å². The number of carbonyl (C=O) groups excluding carboxylic acids is 1. The molecule has 2 N–H and O–H groups in total. The summed E-state index contributed by atoms with van der Waals surface area (Å²) in [6.07, 6.45) is -0.206. The number of hydrogen-bond donors (Lipinski definition) is 1. The summed E-state index contributed by atoms with van der Waals surface area (Å²) in [6.45, 7) is 3.83. The molecule has 0 saturated heterocycles. The van der Waals surface area contributed by atoms with Crippen LogP contribution in [0.5, 0.6) is 0 Å². The first-order chi connectivity index (χ1) is 9.90. The molecule has 0 amide bonds. The van der Waals surface area contributed by atoms with Crippen molar-refractivity contribution < 1.29 is 39.5 Å². The summed E-state index contributed by atoms with van der Waals surface area (Å²) in [7, 11) is 0. The van der Waals surface area contributed by atoms with Gasteiger partial charge in [0.2, 0.25) is 0 Å². The Hall–Kier alpha value is -1.20. The van der Waals surface area contributed by atoms with E-state index in [1.807, 2.05) is 50.2 Å². The maximum Gasteiger partial charge on any atom is 1.00 e. The SMILES string of the molecule is Cc1ccc(C(=S)c2ccc(C)c(CC(=O)[O-])c2N)cc1.[Na+]. The third kappa shape index (κ3) is 4.17. The molecular weight excluding hydrogens is 305 g/mol. The van der Waals surface area contributed by atoms with E-state index in [-0.39, 0.29) is 36.0 Å². The second-order valence-corrected chi connectivity index (χ2v) is 5.47. The molecule has 0 atom stereocenters. The molecule has 0 heterocycles. The zero-order chi connectivity index (χ0) is 15.6. The van der Waals surface area contributed by atoms with Gasteiger partial charge in [0.25, 0.3) is 0 Å². The number of thiocarbonyl (C=S) groups is 1. The molecule has 2 aromatic carbocycles. The van der Waals surface area contributed by atoms with Gasteiger partial charge >= 0.3 is 29.6 Å². The first kappa shape index (κ1) is 18.8. The zero-order valence-electron chi connectivity index (χ0n) is 13.0. The van der Waals surface area contributed by atoms with Crippen LogP contribution in [0.2, 0.25) is 0 Å². The number of hydrogen-bond acceptors (Lipinski definition) is 4. The van der Waals surface area contributed by atoms with Crippen LogP contribution < -0.4 is 40.4 Å². The molecule has 108 valence electrons. The van der Waals surface area contributed by atoms with Crippen molar-refractivity contribution in [3.8, 4) is 0 Å². The minimum absolute atomic E-state index is 0. The fourth-order valence-corrected chi connectivity index (χ4v) is 2.53. The van der Waals surface area contributed by atoms with Crippen molar-refractivity contribution in [3.05, 3.63) is 64.2 Å². The van der Waals surface area contributed by atoms with E-state index in [0.29, 0.717) is 21.7 Å². The number of nitrogens with two attached hydrogens (primary N) is 1. The van der Waals surface area contributed by atoms with Crippen molar-refractivity contribution in [2.75, 3.05) is 5.73 Å². The van der Waals surface area contributed by atoms with Gasteiger partial charge in [0.05, 0.1) is 4.86 Å². The third-order valence-electron chi connectivity index (χ3n) is 3.47. The van der Waals surface area contributed by atoms with E-state index < -0.39 is 5.97 Å². The van der Waals surface area contributed by atoms with Gasteiger partial charge in [-0.3, -0.25) is 0 Å². The van der Waals surface area contributed by atoms with Crippen molar-refractivity contribution >= 4 is 28.7 Å². The average Bonchev–Trinajstić information content (AvgIpc) is 2.43. The Labute approximate surface area is 157 Å². The van der Waals surface area contributed by atoms with Crippen LogP contribution in [0.25, 0.3) is 0 Å². The molecule has 3 nitrogen and oxygen atoms in total. The number of aliphatic carboxylic acids is 1. The normalized spacial score (nSPS) is 9.91. The Balaban J connectivity index is 0.00000242. The first-order valence-corrected chi connectivity index (χ1v) is 7.00. The Kier molecular flexibility index (Phi) is 6.75. The Morgan fingerprint density at radius 1 is 1.14 bits per heavy atom. The van der Waals surface area contributed by atoms with Crippen LogP contribution in [0.4, 0.5) is 5.69 Å². The number of benzene rings is 2. The zero-order valence-corrected chi connectivity index (χ0v) is 15.8. The van der Waals surface area contributed by atoms with Crippen LogP contribution in [-0.4, -0.2) is 10.8 Å². The van der Waals surface area contributed by atoms with Gasteiger partial charge in [-0.2, -0.15) is 0 Å². The largest absolute Gasteiger partial charge is 1.00 e. The van der Waals surface area contributed by atoms with Gasteiger partial charge in [-0.25, -0.2) is 0 Å². The van der Waals surface area contributed by atoms with Gasteiger partial charge in [0.1, 0.15) is 0 Å². The molecule has 2 aromatic rings. The second-order valence-electron chi connectivity index (χ2n) is 5.07. The Morgan fingerprint density at radius 2 is 1.73 bits per heavy atom. The minimum Gasteiger partial charge on any atom is -0.550 e. The molecule has 0 fully saturated rings. The van der Waals surface area contributed by atoms with Gasteiger partial charge in [-0.15, -0.1) is 0 Å². The molecule has 5 heteroatoms. The first-order valence-electron chi connectivity index (χ1n) is 6.59. The molecule has 0 aliphatic carbocycles. The molecule has 0 aromatic heterocycles. The summed E-state index contributed by atoms with van der Waals surface area (Å²) in [5.41, 5.74) is 10.7. The summed E-state index contributed by atoms with van der Waals surface area (Å²) in [6, 6.07) is 11.5. The molecule has 0 spiro atoms. The predicted octanol–water partition coefficient (Wildman–Crippen LogP) is -1.05. The number of aryl methyl sites for hydroxylation is 2. The molecule has 0 bridgehead atoms. The number of carboxylic acid groups (broad SMARTS) is 1. The van der Waals surface area contributed by atoms with Gasteiger partial charge in [0.15, 0.2) is 0 Å². The van der Waals surface area contributed by atoms with E-state index in [1.54, 1.807) is 0 Å². The van der Waals surface area contributed by atoms with E-state index in [4.69, 9.17) is 18.0 Å². The van der Waals surface area contributed by atoms with Gasteiger partial charge in [-0.1, -0.05) is 54.2 Å². The van der Waals surface area contributed by atoms with Crippen LogP contribution in [-0.2, 0) is 11.2 Å². The van der Waals surface area contributed by atoms with Crippen LogP contribution in [0, 0.1) is 13.8 Å². The quantitative estimate of drug-likeness (QED) is 0.338. The monoisotopic (exact) mass is 321 g/mol. The summed E-state index contributed by atoms with van der Waals surface area (Å²) in [4.78, 5) is 11.5. The Morgan fingerprint density at radius 3 is 2.27 bits per heavy atom. The van der Waals surface area contributed by atoms with Gasteiger partial charge in [-0.05, 0) is 30.5 Å². The smallest absolute Gasteiger partial charge is 0.550 e. The van der Waals surface area contributed by atoms with Crippen molar-refractivity contribution in [3.63, 3.8) is 0 Å². The van der Waals surface area contributed by atoms with Crippen molar-refractivity contribution in [2.45, 2.75) is 20.3 Å². The van der Waals surface area contributed by atoms with Gasteiger partial charge < -0.3 is 15.6 Å². The maximum atomic E-state index is 10.9. The van der Waals surface area contributed by atoms with Crippen LogP contribution in [0.1, 0.15) is 27.8 Å². The summed E-state index contributed by atoms with van der Waals surface area (Å²) in [5, 5.41) is 10.9. The molecule has 0 aliphatic rings. The van der Waals surface area contributed by atoms with Crippen LogP contribution in [0.15, 0.2) is 36.4 Å². The number of anilines is 1.